The number of halogens is 5. The standard InChI is InChI=1S/C23H20F5N5O3S/c1-13(33(17-4-5-17)37(35,36)18-6-2-16(24)3-7-18)21(34)30-9-14-8-20(29-12-19(14)25)15-10-31-22(32-11-15)23(26,27)28/h2-3,6-8,10-13,17H,4-5,9H2,1H3,(H,30,34)/t13-/m0/s1. The van der Waals surface area contributed by atoms with E-state index in [0.29, 0.717) is 12.8 Å². The molecule has 0 spiro atoms. The predicted octanol–water partition coefficient (Wildman–Crippen LogP) is 3.69. The molecule has 1 aliphatic rings. The highest BCUT2D eigenvalue weighted by atomic mass is 32.2. The second-order valence-electron chi connectivity index (χ2n) is 8.37. The Bertz CT molecular complexity index is 1400. The average Bonchev–Trinajstić information content (AvgIpc) is 3.68. The van der Waals surface area contributed by atoms with Crippen LogP contribution < -0.4 is 5.32 Å². The zero-order valence-corrected chi connectivity index (χ0v) is 20.0. The van der Waals surface area contributed by atoms with Crippen LogP contribution in [0.2, 0.25) is 0 Å². The van der Waals surface area contributed by atoms with E-state index in [4.69, 9.17) is 0 Å². The molecule has 1 fully saturated rings. The number of hydrogen-bond donors (Lipinski definition) is 1. The van der Waals surface area contributed by atoms with Gasteiger partial charge in [-0.15, -0.1) is 0 Å². The highest BCUT2D eigenvalue weighted by Crippen LogP contribution is 2.34. The van der Waals surface area contributed by atoms with Gasteiger partial charge in [-0.3, -0.25) is 9.78 Å². The zero-order chi connectivity index (χ0) is 27.0. The Kier molecular flexibility index (Phi) is 7.24. The van der Waals surface area contributed by atoms with Gasteiger partial charge in [0.15, 0.2) is 0 Å². The van der Waals surface area contributed by atoms with Crippen molar-refractivity contribution in [3.8, 4) is 11.3 Å². The Labute approximate surface area is 208 Å². The lowest BCUT2D eigenvalue weighted by molar-refractivity contribution is -0.145. The van der Waals surface area contributed by atoms with Gasteiger partial charge in [-0.25, -0.2) is 27.2 Å². The van der Waals surface area contributed by atoms with Crippen molar-refractivity contribution < 1.29 is 35.2 Å². The number of rotatable bonds is 8. The number of alkyl halides is 3. The van der Waals surface area contributed by atoms with Crippen molar-refractivity contribution in [2.45, 2.75) is 49.5 Å². The summed E-state index contributed by atoms with van der Waals surface area (Å²) in [7, 11) is -4.12. The van der Waals surface area contributed by atoms with Gasteiger partial charge >= 0.3 is 6.18 Å². The van der Waals surface area contributed by atoms with Gasteiger partial charge in [0.1, 0.15) is 17.7 Å². The molecule has 4 rings (SSSR count). The lowest BCUT2D eigenvalue weighted by Crippen LogP contribution is -2.48. The smallest absolute Gasteiger partial charge is 0.351 e. The van der Waals surface area contributed by atoms with E-state index in [1.54, 1.807) is 0 Å². The summed E-state index contributed by atoms with van der Waals surface area (Å²) in [6, 6.07) is 3.91. The van der Waals surface area contributed by atoms with Crippen molar-refractivity contribution >= 4 is 15.9 Å². The third kappa shape index (κ3) is 5.91. The highest BCUT2D eigenvalue weighted by molar-refractivity contribution is 7.89. The van der Waals surface area contributed by atoms with Gasteiger partial charge < -0.3 is 5.32 Å². The van der Waals surface area contributed by atoms with Crippen LogP contribution in [0, 0.1) is 11.6 Å². The van der Waals surface area contributed by atoms with Crippen LogP contribution in [-0.4, -0.2) is 45.7 Å². The first-order valence-corrected chi connectivity index (χ1v) is 12.4. The molecule has 0 saturated heterocycles. The largest absolute Gasteiger partial charge is 0.451 e. The zero-order valence-electron chi connectivity index (χ0n) is 19.2. The van der Waals surface area contributed by atoms with Gasteiger partial charge in [-0.2, -0.15) is 17.5 Å². The van der Waals surface area contributed by atoms with Gasteiger partial charge in [0.25, 0.3) is 0 Å². The Morgan fingerprint density at radius 3 is 2.27 bits per heavy atom. The summed E-state index contributed by atoms with van der Waals surface area (Å²) < 4.78 is 93.1. The summed E-state index contributed by atoms with van der Waals surface area (Å²) in [5, 5.41) is 2.49. The van der Waals surface area contributed by atoms with Crippen molar-refractivity contribution in [3.63, 3.8) is 0 Å². The van der Waals surface area contributed by atoms with Gasteiger partial charge in [0.05, 0.1) is 16.8 Å². The molecular formula is C23H20F5N5O3S. The molecule has 1 aliphatic carbocycles. The number of carbonyl (C=O) groups excluding carboxylic acids is 1. The highest BCUT2D eigenvalue weighted by Gasteiger charge is 2.43. The molecule has 1 N–H and O–H groups in total. The molecule has 2 heterocycles. The van der Waals surface area contributed by atoms with Crippen LogP contribution in [0.25, 0.3) is 11.3 Å². The first-order valence-electron chi connectivity index (χ1n) is 11.0. The summed E-state index contributed by atoms with van der Waals surface area (Å²) in [4.78, 5) is 23.0. The van der Waals surface area contributed by atoms with Crippen LogP contribution >= 0.6 is 0 Å². The van der Waals surface area contributed by atoms with Crippen LogP contribution in [0.1, 0.15) is 31.2 Å². The predicted molar refractivity (Wildman–Crippen MR) is 120 cm³/mol. The maximum atomic E-state index is 14.4. The molecule has 0 aliphatic heterocycles. The fraction of sp³-hybridized carbons (Fsp3) is 0.304. The number of aromatic nitrogens is 3. The van der Waals surface area contributed by atoms with E-state index in [9.17, 15) is 35.2 Å². The van der Waals surface area contributed by atoms with Crippen molar-refractivity contribution in [1.82, 2.24) is 24.6 Å². The molecule has 0 unspecified atom stereocenters. The van der Waals surface area contributed by atoms with Gasteiger partial charge in [-0.05, 0) is 50.1 Å². The summed E-state index contributed by atoms with van der Waals surface area (Å²) in [6.07, 6.45) is -0.985. The SMILES string of the molecule is C[C@@H](C(=O)NCc1cc(-c2cnc(C(F)(F)F)nc2)ncc1F)N(C1CC1)S(=O)(=O)c1ccc(F)cc1. The van der Waals surface area contributed by atoms with Crippen LogP contribution in [-0.2, 0) is 27.5 Å². The molecule has 0 bridgehead atoms. The number of benzene rings is 1. The summed E-state index contributed by atoms with van der Waals surface area (Å²) >= 11 is 0. The normalized spacial score (nSPS) is 15.0. The van der Waals surface area contributed by atoms with E-state index >= 15 is 0 Å². The van der Waals surface area contributed by atoms with Crippen LogP contribution in [0.3, 0.4) is 0 Å². The third-order valence-electron chi connectivity index (χ3n) is 5.65. The molecular weight excluding hydrogens is 521 g/mol. The third-order valence-corrected chi connectivity index (χ3v) is 7.68. The quantitative estimate of drug-likeness (QED) is 0.436. The van der Waals surface area contributed by atoms with E-state index in [1.165, 1.54) is 13.0 Å². The number of sulfonamides is 1. The van der Waals surface area contributed by atoms with E-state index in [1.807, 2.05) is 0 Å². The monoisotopic (exact) mass is 541 g/mol. The van der Waals surface area contributed by atoms with E-state index in [-0.39, 0.29) is 28.3 Å². The van der Waals surface area contributed by atoms with Gasteiger partial charge in [-0.1, -0.05) is 0 Å². The molecule has 1 saturated carbocycles. The number of nitrogens with one attached hydrogen (secondary N) is 1. The van der Waals surface area contributed by atoms with Crippen LogP contribution in [0.4, 0.5) is 22.0 Å². The molecule has 8 nitrogen and oxygen atoms in total. The summed E-state index contributed by atoms with van der Waals surface area (Å²) in [5.74, 6) is -3.43. The van der Waals surface area contributed by atoms with Crippen molar-refractivity contribution in [1.29, 1.82) is 0 Å². The Hall–Kier alpha value is -3.52. The van der Waals surface area contributed by atoms with E-state index in [0.717, 1.165) is 47.2 Å². The molecule has 0 radical (unpaired) electrons. The lowest BCUT2D eigenvalue weighted by atomic mass is 10.1. The Morgan fingerprint density at radius 2 is 1.70 bits per heavy atom. The van der Waals surface area contributed by atoms with Crippen LogP contribution in [0.5, 0.6) is 0 Å². The van der Waals surface area contributed by atoms with E-state index in [2.05, 4.69) is 20.3 Å². The fourth-order valence-corrected chi connectivity index (χ4v) is 5.44. The minimum absolute atomic E-state index is 0.0372. The maximum Gasteiger partial charge on any atom is 0.451 e. The lowest BCUT2D eigenvalue weighted by Gasteiger charge is -2.27. The number of pyridine rings is 1. The minimum Gasteiger partial charge on any atom is -0.351 e. The second kappa shape index (κ2) is 10.1. The maximum absolute atomic E-state index is 14.4. The number of hydrogen-bond acceptors (Lipinski definition) is 6. The van der Waals surface area contributed by atoms with E-state index < -0.39 is 51.6 Å². The first kappa shape index (κ1) is 26.5. The average molecular weight is 542 g/mol. The molecule has 1 amide bonds. The fourth-order valence-electron chi connectivity index (χ4n) is 3.60. The molecule has 1 atom stereocenters. The summed E-state index contributed by atoms with van der Waals surface area (Å²) in [6.45, 7) is 1.05. The summed E-state index contributed by atoms with van der Waals surface area (Å²) in [5.41, 5.74) is 0.134. The van der Waals surface area contributed by atoms with Gasteiger partial charge in [0, 0.05) is 36.1 Å². The molecule has 3 aromatic rings. The molecule has 2 aromatic heterocycles. The Balaban J connectivity index is 1.49. The van der Waals surface area contributed by atoms with Crippen molar-refractivity contribution in [2.75, 3.05) is 0 Å². The van der Waals surface area contributed by atoms with Crippen molar-refractivity contribution in [2.24, 2.45) is 0 Å². The molecule has 14 heteroatoms. The topological polar surface area (TPSA) is 105 Å². The van der Waals surface area contributed by atoms with Crippen molar-refractivity contribution in [3.05, 3.63) is 71.9 Å². The molecule has 196 valence electrons. The minimum atomic E-state index is -4.72. The number of amides is 1. The second-order valence-corrected chi connectivity index (χ2v) is 10.2. The Morgan fingerprint density at radius 1 is 1.08 bits per heavy atom. The molecule has 1 aromatic carbocycles. The van der Waals surface area contributed by atoms with Crippen LogP contribution in [0.15, 0.2) is 53.8 Å². The molecule has 37 heavy (non-hydrogen) atoms. The number of nitrogens with zero attached hydrogens (tertiary/aromatic N) is 4. The van der Waals surface area contributed by atoms with Gasteiger partial charge in [0.2, 0.25) is 21.8 Å². The first-order chi connectivity index (χ1) is 17.4. The number of carbonyl (C=O) groups is 1.